The summed E-state index contributed by atoms with van der Waals surface area (Å²) in [6.45, 7) is 5.98. The van der Waals surface area contributed by atoms with Crippen LogP contribution in [0, 0.1) is 20.8 Å². The fourth-order valence-corrected chi connectivity index (χ4v) is 2.27. The minimum Gasteiger partial charge on any atom is -0.479 e. The van der Waals surface area contributed by atoms with Gasteiger partial charge in [-0.15, -0.1) is 0 Å². The molecule has 2 aromatic carbocycles. The maximum absolute atomic E-state index is 11.5. The number of hydrogen-bond acceptors (Lipinski definition) is 2. The van der Waals surface area contributed by atoms with Crippen LogP contribution in [-0.2, 0) is 4.79 Å². The Labute approximate surface area is 119 Å². The third-order valence-corrected chi connectivity index (χ3v) is 3.19. The summed E-state index contributed by atoms with van der Waals surface area (Å²) in [7, 11) is 0. The Bertz CT molecular complexity index is 597. The molecule has 3 nitrogen and oxygen atoms in total. The van der Waals surface area contributed by atoms with Crippen LogP contribution in [0.2, 0.25) is 0 Å². The minimum atomic E-state index is -0.881. The maximum Gasteiger partial charge on any atom is 0.330 e. The van der Waals surface area contributed by atoms with Gasteiger partial charge in [0.25, 0.3) is 0 Å². The molecule has 3 heteroatoms. The number of hydrogen-bond donors (Lipinski definition) is 2. The van der Waals surface area contributed by atoms with E-state index in [1.54, 1.807) is 0 Å². The minimum absolute atomic E-state index is 0.739. The normalized spacial score (nSPS) is 11.9. The van der Waals surface area contributed by atoms with Crippen LogP contribution in [0.1, 0.15) is 28.3 Å². The Balaban J connectivity index is 2.30. The molecule has 0 aliphatic carbocycles. The summed E-state index contributed by atoms with van der Waals surface area (Å²) in [5.74, 6) is -0.881. The van der Waals surface area contributed by atoms with Gasteiger partial charge in [-0.3, -0.25) is 0 Å². The van der Waals surface area contributed by atoms with E-state index in [9.17, 15) is 9.90 Å². The molecule has 0 aliphatic heterocycles. The second kappa shape index (κ2) is 5.78. The summed E-state index contributed by atoms with van der Waals surface area (Å²) in [6, 6.07) is 12.8. The predicted molar refractivity (Wildman–Crippen MR) is 81.1 cm³/mol. The molecule has 0 amide bonds. The van der Waals surface area contributed by atoms with Crippen molar-refractivity contribution in [2.45, 2.75) is 26.8 Å². The Morgan fingerprint density at radius 2 is 1.50 bits per heavy atom. The standard InChI is InChI=1S/C17H19NO2/c1-11-4-6-14(7-5-11)16(17(19)20)18-15-9-12(2)8-13(3)10-15/h4-10,16,18H,1-3H3,(H,19,20). The molecular weight excluding hydrogens is 250 g/mol. The van der Waals surface area contributed by atoms with Crippen LogP contribution in [-0.4, -0.2) is 11.1 Å². The van der Waals surface area contributed by atoms with Gasteiger partial charge in [-0.2, -0.15) is 0 Å². The SMILES string of the molecule is Cc1ccc(C(Nc2cc(C)cc(C)c2)C(=O)O)cc1. The van der Waals surface area contributed by atoms with Gasteiger partial charge in [0.05, 0.1) is 0 Å². The first-order valence-corrected chi connectivity index (χ1v) is 6.60. The van der Waals surface area contributed by atoms with Crippen LogP contribution in [0.4, 0.5) is 5.69 Å². The highest BCUT2D eigenvalue weighted by Crippen LogP contribution is 2.22. The van der Waals surface area contributed by atoms with Crippen molar-refractivity contribution in [3.63, 3.8) is 0 Å². The van der Waals surface area contributed by atoms with E-state index < -0.39 is 12.0 Å². The van der Waals surface area contributed by atoms with Gasteiger partial charge in [0.15, 0.2) is 6.04 Å². The number of anilines is 1. The van der Waals surface area contributed by atoms with Crippen molar-refractivity contribution in [2.24, 2.45) is 0 Å². The number of benzene rings is 2. The van der Waals surface area contributed by atoms with Gasteiger partial charge in [0.1, 0.15) is 0 Å². The van der Waals surface area contributed by atoms with Gasteiger partial charge in [0, 0.05) is 5.69 Å². The Hall–Kier alpha value is -2.29. The van der Waals surface area contributed by atoms with E-state index in [-0.39, 0.29) is 0 Å². The molecule has 0 aromatic heterocycles. The highest BCUT2D eigenvalue weighted by molar-refractivity contribution is 5.79. The van der Waals surface area contributed by atoms with E-state index >= 15 is 0 Å². The lowest BCUT2D eigenvalue weighted by Crippen LogP contribution is -2.20. The van der Waals surface area contributed by atoms with Gasteiger partial charge >= 0.3 is 5.97 Å². The predicted octanol–water partition coefficient (Wildman–Crippen LogP) is 3.85. The molecule has 0 saturated carbocycles. The monoisotopic (exact) mass is 269 g/mol. The fraction of sp³-hybridized carbons (Fsp3) is 0.235. The van der Waals surface area contributed by atoms with Crippen molar-refractivity contribution < 1.29 is 9.90 Å². The summed E-state index contributed by atoms with van der Waals surface area (Å²) >= 11 is 0. The van der Waals surface area contributed by atoms with Crippen LogP contribution in [0.5, 0.6) is 0 Å². The van der Waals surface area contributed by atoms with Crippen molar-refractivity contribution in [3.05, 3.63) is 64.7 Å². The second-order valence-electron chi connectivity index (χ2n) is 5.20. The van der Waals surface area contributed by atoms with Gasteiger partial charge in [0.2, 0.25) is 0 Å². The summed E-state index contributed by atoms with van der Waals surface area (Å²) in [6.07, 6.45) is 0. The van der Waals surface area contributed by atoms with Crippen LogP contribution in [0.15, 0.2) is 42.5 Å². The molecule has 20 heavy (non-hydrogen) atoms. The van der Waals surface area contributed by atoms with E-state index in [1.165, 1.54) is 0 Å². The van der Waals surface area contributed by atoms with Crippen molar-refractivity contribution in [1.29, 1.82) is 0 Å². The maximum atomic E-state index is 11.5. The van der Waals surface area contributed by atoms with Crippen LogP contribution in [0.25, 0.3) is 0 Å². The largest absolute Gasteiger partial charge is 0.479 e. The number of carboxylic acids is 1. The van der Waals surface area contributed by atoms with Crippen molar-refractivity contribution in [1.82, 2.24) is 0 Å². The molecular formula is C17H19NO2. The summed E-state index contributed by atoms with van der Waals surface area (Å²) in [4.78, 5) is 11.5. The quantitative estimate of drug-likeness (QED) is 0.886. The van der Waals surface area contributed by atoms with Crippen molar-refractivity contribution in [3.8, 4) is 0 Å². The Morgan fingerprint density at radius 3 is 2.00 bits per heavy atom. The van der Waals surface area contributed by atoms with Crippen LogP contribution in [0.3, 0.4) is 0 Å². The lowest BCUT2D eigenvalue weighted by Gasteiger charge is -2.17. The van der Waals surface area contributed by atoms with E-state index in [4.69, 9.17) is 0 Å². The number of rotatable bonds is 4. The molecule has 0 bridgehead atoms. The van der Waals surface area contributed by atoms with Crippen LogP contribution >= 0.6 is 0 Å². The molecule has 0 radical (unpaired) electrons. The molecule has 2 rings (SSSR count). The summed E-state index contributed by atoms with van der Waals surface area (Å²) in [5.41, 5.74) is 4.92. The average molecular weight is 269 g/mol. The van der Waals surface area contributed by atoms with E-state index in [1.807, 2.05) is 57.2 Å². The van der Waals surface area contributed by atoms with E-state index in [2.05, 4.69) is 11.4 Å². The first kappa shape index (κ1) is 14.1. The van der Waals surface area contributed by atoms with Crippen molar-refractivity contribution >= 4 is 11.7 Å². The molecule has 1 unspecified atom stereocenters. The Kier molecular flexibility index (Phi) is 4.08. The fourth-order valence-electron chi connectivity index (χ4n) is 2.27. The molecule has 0 spiro atoms. The zero-order valence-electron chi connectivity index (χ0n) is 12.0. The summed E-state index contributed by atoms with van der Waals surface area (Å²) in [5, 5.41) is 12.5. The molecule has 104 valence electrons. The zero-order chi connectivity index (χ0) is 14.7. The highest BCUT2D eigenvalue weighted by Gasteiger charge is 2.19. The summed E-state index contributed by atoms with van der Waals surface area (Å²) < 4.78 is 0. The topological polar surface area (TPSA) is 49.3 Å². The van der Waals surface area contributed by atoms with Gasteiger partial charge in [-0.25, -0.2) is 4.79 Å². The number of aliphatic carboxylic acids is 1. The molecule has 0 aliphatic rings. The molecule has 0 heterocycles. The molecule has 0 saturated heterocycles. The molecule has 2 aromatic rings. The first-order valence-electron chi connectivity index (χ1n) is 6.60. The van der Waals surface area contributed by atoms with Gasteiger partial charge in [-0.05, 0) is 49.6 Å². The van der Waals surface area contributed by atoms with Gasteiger partial charge in [-0.1, -0.05) is 35.9 Å². The average Bonchev–Trinajstić information content (AvgIpc) is 2.36. The number of aryl methyl sites for hydroxylation is 3. The van der Waals surface area contributed by atoms with E-state index in [0.29, 0.717) is 0 Å². The third-order valence-electron chi connectivity index (χ3n) is 3.19. The lowest BCUT2D eigenvalue weighted by molar-refractivity contribution is -0.138. The molecule has 1 atom stereocenters. The number of carboxylic acid groups (broad SMARTS) is 1. The van der Waals surface area contributed by atoms with Crippen molar-refractivity contribution in [2.75, 3.05) is 5.32 Å². The van der Waals surface area contributed by atoms with E-state index in [0.717, 1.165) is 27.9 Å². The lowest BCUT2D eigenvalue weighted by atomic mass is 10.0. The first-order chi connectivity index (χ1) is 9.45. The van der Waals surface area contributed by atoms with Crippen LogP contribution < -0.4 is 5.32 Å². The second-order valence-corrected chi connectivity index (χ2v) is 5.20. The highest BCUT2D eigenvalue weighted by atomic mass is 16.4. The third kappa shape index (κ3) is 3.38. The Morgan fingerprint density at radius 1 is 0.950 bits per heavy atom. The molecule has 0 fully saturated rings. The zero-order valence-corrected chi connectivity index (χ0v) is 12.0. The van der Waals surface area contributed by atoms with Gasteiger partial charge < -0.3 is 10.4 Å². The number of nitrogens with one attached hydrogen (secondary N) is 1. The molecule has 2 N–H and O–H groups in total. The smallest absolute Gasteiger partial charge is 0.330 e. The number of carbonyl (C=O) groups is 1.